The van der Waals surface area contributed by atoms with Gasteiger partial charge in [-0.3, -0.25) is 4.79 Å². The van der Waals surface area contributed by atoms with Crippen LogP contribution in [0.1, 0.15) is 18.4 Å². The molecule has 1 aromatic carbocycles. The van der Waals surface area contributed by atoms with Gasteiger partial charge in [-0.05, 0) is 43.7 Å². The number of nitrogens with zero attached hydrogens (tertiary/aromatic N) is 1. The first kappa shape index (κ1) is 16.4. The number of nitrogens with one attached hydrogen (secondary N) is 1. The number of benzene rings is 1. The van der Waals surface area contributed by atoms with Gasteiger partial charge in [-0.2, -0.15) is 0 Å². The first-order valence-electron chi connectivity index (χ1n) is 7.09. The van der Waals surface area contributed by atoms with Gasteiger partial charge >= 0.3 is 0 Å². The van der Waals surface area contributed by atoms with Gasteiger partial charge in [0.05, 0.1) is 0 Å². The summed E-state index contributed by atoms with van der Waals surface area (Å²) in [6.07, 6.45) is 2.38. The van der Waals surface area contributed by atoms with Crippen LogP contribution in [0.25, 0.3) is 0 Å². The normalized spacial score (nSPS) is 23.4. The molecule has 2 heterocycles. The number of likely N-dealkylation sites (tertiary alicyclic amines) is 1. The zero-order valence-electron chi connectivity index (χ0n) is 12.0. The summed E-state index contributed by atoms with van der Waals surface area (Å²) >= 11 is 5.98. The van der Waals surface area contributed by atoms with Crippen molar-refractivity contribution in [2.75, 3.05) is 20.1 Å². The molecule has 1 saturated heterocycles. The number of rotatable bonds is 3. The fourth-order valence-electron chi connectivity index (χ4n) is 3.11. The van der Waals surface area contributed by atoms with Crippen LogP contribution in [0.15, 0.2) is 18.2 Å². The maximum atomic E-state index is 12.6. The van der Waals surface area contributed by atoms with Crippen molar-refractivity contribution in [1.29, 1.82) is 0 Å². The van der Waals surface area contributed by atoms with E-state index in [-0.39, 0.29) is 24.4 Å². The molecule has 2 aliphatic heterocycles. The summed E-state index contributed by atoms with van der Waals surface area (Å²) in [7, 11) is 1.92. The molecule has 0 radical (unpaired) electrons. The minimum Gasteiger partial charge on any atom is -0.480 e. The Bertz CT molecular complexity index is 524. The van der Waals surface area contributed by atoms with E-state index in [1.54, 1.807) is 6.07 Å². The molecule has 0 saturated carbocycles. The number of fused-ring (bicyclic) bond motifs is 1. The average Bonchev–Trinajstić information content (AvgIpc) is 3.04. The van der Waals surface area contributed by atoms with E-state index >= 15 is 0 Å². The SMILES string of the molecule is CNCC1CCCN1C(=O)C1Cc2cc(Cl)ccc2O1.Cl. The third kappa shape index (κ3) is 3.28. The molecule has 1 fully saturated rings. The Morgan fingerprint density at radius 3 is 3.10 bits per heavy atom. The quantitative estimate of drug-likeness (QED) is 0.924. The number of amides is 1. The molecule has 0 aromatic heterocycles. The van der Waals surface area contributed by atoms with E-state index in [4.69, 9.17) is 16.3 Å². The molecule has 0 bridgehead atoms. The Hall–Kier alpha value is -0.970. The van der Waals surface area contributed by atoms with Crippen LogP contribution < -0.4 is 10.1 Å². The van der Waals surface area contributed by atoms with Crippen molar-refractivity contribution in [1.82, 2.24) is 10.2 Å². The second-order valence-corrected chi connectivity index (χ2v) is 5.88. The zero-order chi connectivity index (χ0) is 14.1. The van der Waals surface area contributed by atoms with Crippen LogP contribution in [0.4, 0.5) is 0 Å². The molecule has 4 nitrogen and oxygen atoms in total. The van der Waals surface area contributed by atoms with Crippen LogP contribution >= 0.6 is 24.0 Å². The molecule has 6 heteroatoms. The van der Waals surface area contributed by atoms with Crippen LogP contribution in [-0.4, -0.2) is 43.1 Å². The molecule has 1 amide bonds. The van der Waals surface area contributed by atoms with E-state index < -0.39 is 0 Å². The fraction of sp³-hybridized carbons (Fsp3) is 0.533. The summed E-state index contributed by atoms with van der Waals surface area (Å²) in [5.41, 5.74) is 1.03. The summed E-state index contributed by atoms with van der Waals surface area (Å²) in [5, 5.41) is 3.85. The molecule has 21 heavy (non-hydrogen) atoms. The van der Waals surface area contributed by atoms with E-state index in [2.05, 4.69) is 5.32 Å². The van der Waals surface area contributed by atoms with Crippen molar-refractivity contribution in [3.8, 4) is 5.75 Å². The highest BCUT2D eigenvalue weighted by molar-refractivity contribution is 6.30. The molecule has 1 N–H and O–H groups in total. The predicted octanol–water partition coefficient (Wildman–Crippen LogP) is 2.28. The summed E-state index contributed by atoms with van der Waals surface area (Å²) in [6, 6.07) is 5.83. The Morgan fingerprint density at radius 2 is 2.33 bits per heavy atom. The predicted molar refractivity (Wildman–Crippen MR) is 85.5 cm³/mol. The number of carbonyl (C=O) groups is 1. The van der Waals surface area contributed by atoms with E-state index in [1.165, 1.54) is 0 Å². The standard InChI is InChI=1S/C15H19ClN2O2.ClH/c1-17-9-12-3-2-6-18(12)15(19)14-8-10-7-11(16)4-5-13(10)20-14;/h4-5,7,12,14,17H,2-3,6,8-9H2,1H3;1H. The van der Waals surface area contributed by atoms with Crippen molar-refractivity contribution in [2.24, 2.45) is 0 Å². The van der Waals surface area contributed by atoms with Gasteiger partial charge in [0.2, 0.25) is 0 Å². The Balaban J connectivity index is 0.00000161. The molecule has 0 spiro atoms. The molecule has 3 rings (SSSR count). The van der Waals surface area contributed by atoms with Gasteiger partial charge in [0.25, 0.3) is 5.91 Å². The molecule has 0 aliphatic carbocycles. The van der Waals surface area contributed by atoms with Crippen LogP contribution in [0.2, 0.25) is 5.02 Å². The third-order valence-electron chi connectivity index (χ3n) is 4.07. The van der Waals surface area contributed by atoms with Crippen molar-refractivity contribution < 1.29 is 9.53 Å². The van der Waals surface area contributed by atoms with Crippen molar-refractivity contribution in [3.63, 3.8) is 0 Å². The third-order valence-corrected chi connectivity index (χ3v) is 4.31. The summed E-state index contributed by atoms with van der Waals surface area (Å²) in [6.45, 7) is 1.68. The van der Waals surface area contributed by atoms with E-state index in [9.17, 15) is 4.79 Å². The Morgan fingerprint density at radius 1 is 1.52 bits per heavy atom. The van der Waals surface area contributed by atoms with Gasteiger partial charge in [-0.15, -0.1) is 12.4 Å². The molecule has 2 unspecified atom stereocenters. The zero-order valence-corrected chi connectivity index (χ0v) is 13.5. The number of likely N-dealkylation sites (N-methyl/N-ethyl adjacent to an activating group) is 1. The Kier molecular flexibility index (Phi) is 5.36. The van der Waals surface area contributed by atoms with E-state index in [1.807, 2.05) is 24.1 Å². The smallest absolute Gasteiger partial charge is 0.264 e. The lowest BCUT2D eigenvalue weighted by molar-refractivity contribution is -0.138. The molecule has 2 atom stereocenters. The highest BCUT2D eigenvalue weighted by atomic mass is 35.5. The van der Waals surface area contributed by atoms with Crippen molar-refractivity contribution in [3.05, 3.63) is 28.8 Å². The topological polar surface area (TPSA) is 41.6 Å². The van der Waals surface area contributed by atoms with Crippen LogP contribution in [0, 0.1) is 0 Å². The van der Waals surface area contributed by atoms with E-state index in [0.29, 0.717) is 17.5 Å². The second kappa shape index (κ2) is 6.86. The van der Waals surface area contributed by atoms with Gasteiger partial charge in [0.1, 0.15) is 5.75 Å². The molecular weight excluding hydrogens is 311 g/mol. The van der Waals surface area contributed by atoms with Gasteiger partial charge in [0.15, 0.2) is 6.10 Å². The number of halogens is 2. The lowest BCUT2D eigenvalue weighted by Gasteiger charge is -2.26. The second-order valence-electron chi connectivity index (χ2n) is 5.45. The number of carbonyl (C=O) groups excluding carboxylic acids is 1. The van der Waals surface area contributed by atoms with Crippen LogP contribution in [0.5, 0.6) is 5.75 Å². The number of ether oxygens (including phenoxy) is 1. The van der Waals surface area contributed by atoms with Crippen molar-refractivity contribution in [2.45, 2.75) is 31.4 Å². The minimum atomic E-state index is -0.388. The molecular formula is C15H20Cl2N2O2. The molecule has 116 valence electrons. The van der Waals surface area contributed by atoms with E-state index in [0.717, 1.165) is 37.2 Å². The highest BCUT2D eigenvalue weighted by Crippen LogP contribution is 2.32. The largest absolute Gasteiger partial charge is 0.480 e. The van der Waals surface area contributed by atoms with Gasteiger partial charge < -0.3 is 15.0 Å². The first-order chi connectivity index (χ1) is 9.69. The average molecular weight is 331 g/mol. The van der Waals surface area contributed by atoms with Gasteiger partial charge in [-0.1, -0.05) is 11.6 Å². The number of hydrogen-bond acceptors (Lipinski definition) is 3. The summed E-state index contributed by atoms with van der Waals surface area (Å²) in [5.74, 6) is 0.896. The Labute approximate surface area is 136 Å². The van der Waals surface area contributed by atoms with Crippen LogP contribution in [0.3, 0.4) is 0 Å². The van der Waals surface area contributed by atoms with Crippen molar-refractivity contribution >= 4 is 29.9 Å². The lowest BCUT2D eigenvalue weighted by Crippen LogP contribution is -2.46. The fourth-order valence-corrected chi connectivity index (χ4v) is 3.31. The van der Waals surface area contributed by atoms with Crippen LogP contribution in [-0.2, 0) is 11.2 Å². The number of hydrogen-bond donors (Lipinski definition) is 1. The molecule has 2 aliphatic rings. The minimum absolute atomic E-state index is 0. The lowest BCUT2D eigenvalue weighted by atomic mass is 10.1. The highest BCUT2D eigenvalue weighted by Gasteiger charge is 2.37. The summed E-state index contributed by atoms with van der Waals surface area (Å²) in [4.78, 5) is 14.6. The maximum Gasteiger partial charge on any atom is 0.264 e. The molecule has 1 aromatic rings. The van der Waals surface area contributed by atoms with Gasteiger partial charge in [0, 0.05) is 30.6 Å². The summed E-state index contributed by atoms with van der Waals surface area (Å²) < 4.78 is 5.79. The monoisotopic (exact) mass is 330 g/mol. The maximum absolute atomic E-state index is 12.6. The van der Waals surface area contributed by atoms with Gasteiger partial charge in [-0.25, -0.2) is 0 Å². The first-order valence-corrected chi connectivity index (χ1v) is 7.47.